The second-order valence-corrected chi connectivity index (χ2v) is 4.38. The molecule has 1 aliphatic rings. The Labute approximate surface area is 111 Å². The molecule has 1 amide bonds. The van der Waals surface area contributed by atoms with Gasteiger partial charge in [0.25, 0.3) is 5.91 Å². The van der Waals surface area contributed by atoms with E-state index < -0.39 is 6.10 Å². The third kappa shape index (κ3) is 3.36. The molecule has 6 heteroatoms. The molecule has 6 nitrogen and oxygen atoms in total. The molecule has 0 aliphatic carbocycles. The van der Waals surface area contributed by atoms with Crippen LogP contribution in [0.4, 0.5) is 11.4 Å². The first-order valence-electron chi connectivity index (χ1n) is 6.07. The van der Waals surface area contributed by atoms with Crippen LogP contribution in [0.15, 0.2) is 18.2 Å². The van der Waals surface area contributed by atoms with Gasteiger partial charge >= 0.3 is 0 Å². The number of rotatable bonds is 5. The second kappa shape index (κ2) is 5.90. The lowest BCUT2D eigenvalue weighted by Gasteiger charge is -2.28. The van der Waals surface area contributed by atoms with Gasteiger partial charge in [0.1, 0.15) is 18.0 Å². The Kier molecular flexibility index (Phi) is 4.24. The van der Waals surface area contributed by atoms with E-state index in [9.17, 15) is 4.79 Å². The van der Waals surface area contributed by atoms with Crippen molar-refractivity contribution in [2.24, 2.45) is 0 Å². The summed E-state index contributed by atoms with van der Waals surface area (Å²) < 4.78 is 15.5. The zero-order chi connectivity index (χ0) is 13.8. The van der Waals surface area contributed by atoms with Crippen LogP contribution in [0, 0.1) is 0 Å². The third-order valence-corrected chi connectivity index (χ3v) is 2.89. The van der Waals surface area contributed by atoms with E-state index >= 15 is 0 Å². The molecular weight excluding hydrogens is 248 g/mol. The monoisotopic (exact) mass is 266 g/mol. The number of carbonyl (C=O) groups excluding carboxylic acids is 1. The molecule has 0 aromatic heterocycles. The van der Waals surface area contributed by atoms with Crippen molar-refractivity contribution in [3.05, 3.63) is 18.2 Å². The molecule has 1 fully saturated rings. The summed E-state index contributed by atoms with van der Waals surface area (Å²) in [5.41, 5.74) is 6.83. The van der Waals surface area contributed by atoms with E-state index in [1.165, 1.54) is 0 Å². The molecule has 0 spiro atoms. The van der Waals surface area contributed by atoms with Crippen LogP contribution in [0.2, 0.25) is 0 Å². The van der Waals surface area contributed by atoms with E-state index in [-0.39, 0.29) is 12.0 Å². The number of amides is 1. The Hall–Kier alpha value is -1.79. The zero-order valence-corrected chi connectivity index (χ0v) is 11.0. The molecule has 19 heavy (non-hydrogen) atoms. The van der Waals surface area contributed by atoms with Crippen molar-refractivity contribution in [2.75, 3.05) is 31.4 Å². The quantitative estimate of drug-likeness (QED) is 0.777. The number of anilines is 2. The SMILES string of the molecule is COc1ccc(NC(=O)C(C)OC2COC2)c(N)c1. The van der Waals surface area contributed by atoms with Gasteiger partial charge in [-0.15, -0.1) is 0 Å². The number of nitrogens with one attached hydrogen (secondary N) is 1. The highest BCUT2D eigenvalue weighted by atomic mass is 16.6. The van der Waals surface area contributed by atoms with E-state index in [0.717, 1.165) is 0 Å². The number of hydrogen-bond donors (Lipinski definition) is 2. The smallest absolute Gasteiger partial charge is 0.253 e. The van der Waals surface area contributed by atoms with Crippen molar-refractivity contribution in [2.45, 2.75) is 19.1 Å². The van der Waals surface area contributed by atoms with E-state index in [1.807, 2.05) is 0 Å². The van der Waals surface area contributed by atoms with Crippen molar-refractivity contribution in [3.63, 3.8) is 0 Å². The van der Waals surface area contributed by atoms with Crippen LogP contribution in [0.5, 0.6) is 5.75 Å². The normalized spacial score (nSPS) is 16.5. The maximum Gasteiger partial charge on any atom is 0.253 e. The molecule has 1 unspecified atom stereocenters. The second-order valence-electron chi connectivity index (χ2n) is 4.38. The summed E-state index contributed by atoms with van der Waals surface area (Å²) in [7, 11) is 1.56. The molecule has 0 saturated carbocycles. The number of methoxy groups -OCH3 is 1. The fourth-order valence-electron chi connectivity index (χ4n) is 1.66. The molecular formula is C13H18N2O4. The molecule has 1 saturated heterocycles. The Morgan fingerprint density at radius 1 is 1.53 bits per heavy atom. The van der Waals surface area contributed by atoms with E-state index in [0.29, 0.717) is 30.3 Å². The molecule has 2 rings (SSSR count). The number of nitrogens with two attached hydrogens (primary N) is 1. The van der Waals surface area contributed by atoms with Gasteiger partial charge in [-0.05, 0) is 19.1 Å². The fourth-order valence-corrected chi connectivity index (χ4v) is 1.66. The number of benzene rings is 1. The zero-order valence-electron chi connectivity index (χ0n) is 11.0. The van der Waals surface area contributed by atoms with Gasteiger partial charge in [0.05, 0.1) is 31.7 Å². The summed E-state index contributed by atoms with van der Waals surface area (Å²) in [6.45, 7) is 2.79. The molecule has 0 radical (unpaired) electrons. The summed E-state index contributed by atoms with van der Waals surface area (Å²) in [5.74, 6) is 0.412. The molecule has 3 N–H and O–H groups in total. The highest BCUT2D eigenvalue weighted by Crippen LogP contribution is 2.24. The molecule has 1 atom stereocenters. The first-order chi connectivity index (χ1) is 9.10. The summed E-state index contributed by atoms with van der Waals surface area (Å²) in [5, 5.41) is 2.73. The first-order valence-corrected chi connectivity index (χ1v) is 6.07. The van der Waals surface area contributed by atoms with Gasteiger partial charge in [-0.3, -0.25) is 4.79 Å². The van der Waals surface area contributed by atoms with Crippen LogP contribution < -0.4 is 15.8 Å². The molecule has 1 aromatic rings. The highest BCUT2D eigenvalue weighted by Gasteiger charge is 2.25. The third-order valence-electron chi connectivity index (χ3n) is 2.89. The maximum atomic E-state index is 11.9. The van der Waals surface area contributed by atoms with Crippen LogP contribution in [-0.4, -0.2) is 38.4 Å². The van der Waals surface area contributed by atoms with Gasteiger partial charge in [0.15, 0.2) is 0 Å². The van der Waals surface area contributed by atoms with Gasteiger partial charge in [-0.2, -0.15) is 0 Å². The van der Waals surface area contributed by atoms with Gasteiger partial charge in [-0.1, -0.05) is 0 Å². The van der Waals surface area contributed by atoms with Crippen molar-refractivity contribution >= 4 is 17.3 Å². The lowest BCUT2D eigenvalue weighted by atomic mass is 10.2. The molecule has 1 heterocycles. The van der Waals surface area contributed by atoms with Crippen LogP contribution in [0.3, 0.4) is 0 Å². The van der Waals surface area contributed by atoms with Gasteiger partial charge in [-0.25, -0.2) is 0 Å². The predicted octanol–water partition coefficient (Wildman–Crippen LogP) is 1.02. The minimum Gasteiger partial charge on any atom is -0.497 e. The lowest BCUT2D eigenvalue weighted by molar-refractivity contribution is -0.161. The standard InChI is InChI=1S/C13H18N2O4/c1-8(19-10-6-18-7-10)13(16)15-12-4-3-9(17-2)5-11(12)14/h3-5,8,10H,6-7,14H2,1-2H3,(H,15,16). The summed E-state index contributed by atoms with van der Waals surface area (Å²) in [4.78, 5) is 11.9. The Morgan fingerprint density at radius 2 is 2.26 bits per heavy atom. The van der Waals surface area contributed by atoms with E-state index in [1.54, 1.807) is 32.2 Å². The largest absolute Gasteiger partial charge is 0.497 e. The topological polar surface area (TPSA) is 82.8 Å². The number of nitrogen functional groups attached to an aromatic ring is 1. The summed E-state index contributed by atoms with van der Waals surface area (Å²) >= 11 is 0. The van der Waals surface area contributed by atoms with Gasteiger partial charge in [0, 0.05) is 6.07 Å². The Balaban J connectivity index is 1.93. The Morgan fingerprint density at radius 3 is 2.79 bits per heavy atom. The van der Waals surface area contributed by atoms with Crippen LogP contribution >= 0.6 is 0 Å². The number of carbonyl (C=O) groups is 1. The van der Waals surface area contributed by atoms with Crippen molar-refractivity contribution in [1.29, 1.82) is 0 Å². The summed E-state index contributed by atoms with van der Waals surface area (Å²) in [6.07, 6.45) is -0.538. The van der Waals surface area contributed by atoms with Gasteiger partial charge in [0.2, 0.25) is 0 Å². The van der Waals surface area contributed by atoms with E-state index in [4.69, 9.17) is 19.9 Å². The number of hydrogen-bond acceptors (Lipinski definition) is 5. The Bertz CT molecular complexity index is 460. The minimum atomic E-state index is -0.546. The first kappa shape index (κ1) is 13.6. The highest BCUT2D eigenvalue weighted by molar-refractivity contribution is 5.96. The van der Waals surface area contributed by atoms with Crippen LogP contribution in [0.1, 0.15) is 6.92 Å². The summed E-state index contributed by atoms with van der Waals surface area (Å²) in [6, 6.07) is 5.09. The van der Waals surface area contributed by atoms with Crippen molar-refractivity contribution in [3.8, 4) is 5.75 Å². The van der Waals surface area contributed by atoms with E-state index in [2.05, 4.69) is 5.32 Å². The average Bonchev–Trinajstić information content (AvgIpc) is 2.35. The number of ether oxygens (including phenoxy) is 3. The lowest BCUT2D eigenvalue weighted by Crippen LogP contribution is -2.41. The van der Waals surface area contributed by atoms with Crippen LogP contribution in [0.25, 0.3) is 0 Å². The fraction of sp³-hybridized carbons (Fsp3) is 0.462. The minimum absolute atomic E-state index is 0.00830. The van der Waals surface area contributed by atoms with Gasteiger partial charge < -0.3 is 25.3 Å². The van der Waals surface area contributed by atoms with Crippen molar-refractivity contribution < 1.29 is 19.0 Å². The van der Waals surface area contributed by atoms with Crippen LogP contribution in [-0.2, 0) is 14.3 Å². The molecule has 0 bridgehead atoms. The maximum absolute atomic E-state index is 11.9. The molecule has 1 aliphatic heterocycles. The van der Waals surface area contributed by atoms with Crippen molar-refractivity contribution in [1.82, 2.24) is 0 Å². The average molecular weight is 266 g/mol. The predicted molar refractivity (Wildman–Crippen MR) is 71.2 cm³/mol. The molecule has 1 aromatic carbocycles. The molecule has 104 valence electrons.